The van der Waals surface area contributed by atoms with Gasteiger partial charge in [0.1, 0.15) is 12.4 Å². The van der Waals surface area contributed by atoms with Crippen molar-refractivity contribution in [3.63, 3.8) is 0 Å². The van der Waals surface area contributed by atoms with Crippen molar-refractivity contribution in [2.24, 2.45) is 0 Å². The molecule has 0 spiro atoms. The monoisotopic (exact) mass is 220 g/mol. The van der Waals surface area contributed by atoms with Crippen LogP contribution in [0.1, 0.15) is 44.2 Å². The van der Waals surface area contributed by atoms with Crippen LogP contribution in [-0.4, -0.2) is 12.4 Å². The molecule has 0 aromatic heterocycles. The van der Waals surface area contributed by atoms with Crippen molar-refractivity contribution in [1.29, 1.82) is 0 Å². The molecule has 2 nitrogen and oxygen atoms in total. The smallest absolute Gasteiger partial charge is 0.169 e. The van der Waals surface area contributed by atoms with E-state index in [1.165, 1.54) is 5.56 Å². The molecule has 1 rings (SSSR count). The molecule has 88 valence electrons. The average Bonchev–Trinajstić information content (AvgIpc) is 2.27. The van der Waals surface area contributed by atoms with Gasteiger partial charge in [0.25, 0.3) is 0 Å². The number of hydrogen-bond donors (Lipinski definition) is 0. The van der Waals surface area contributed by atoms with Crippen LogP contribution in [0.4, 0.5) is 0 Å². The molecule has 0 aliphatic carbocycles. The van der Waals surface area contributed by atoms with Crippen molar-refractivity contribution >= 4 is 5.78 Å². The molecule has 0 saturated heterocycles. The number of ketones is 1. The number of Topliss-reactive ketones (excluding diaryl/α,β-unsaturated/α-hetero) is 1. The Labute approximate surface area is 97.6 Å². The Hall–Kier alpha value is -1.31. The Morgan fingerprint density at radius 3 is 2.62 bits per heavy atom. The highest BCUT2D eigenvalue weighted by molar-refractivity contribution is 5.79. The van der Waals surface area contributed by atoms with Crippen LogP contribution in [0.5, 0.6) is 5.75 Å². The quantitative estimate of drug-likeness (QED) is 0.759. The molecule has 16 heavy (non-hydrogen) atoms. The van der Waals surface area contributed by atoms with Gasteiger partial charge in [-0.15, -0.1) is 0 Å². The summed E-state index contributed by atoms with van der Waals surface area (Å²) in [7, 11) is 0. The maximum Gasteiger partial charge on any atom is 0.169 e. The maximum atomic E-state index is 11.2. The lowest BCUT2D eigenvalue weighted by Crippen LogP contribution is -2.10. The van der Waals surface area contributed by atoms with Crippen molar-refractivity contribution in [3.05, 3.63) is 29.3 Å². The minimum atomic E-state index is 0.134. The summed E-state index contributed by atoms with van der Waals surface area (Å²) in [5.41, 5.74) is 2.32. The van der Waals surface area contributed by atoms with Crippen molar-refractivity contribution in [1.82, 2.24) is 0 Å². The minimum Gasteiger partial charge on any atom is -0.486 e. The van der Waals surface area contributed by atoms with Crippen LogP contribution in [0.3, 0.4) is 0 Å². The van der Waals surface area contributed by atoms with Gasteiger partial charge in [0.2, 0.25) is 0 Å². The Kier molecular flexibility index (Phi) is 4.53. The summed E-state index contributed by atoms with van der Waals surface area (Å²) in [5.74, 6) is 1.44. The first-order valence-electron chi connectivity index (χ1n) is 5.79. The van der Waals surface area contributed by atoms with E-state index in [0.29, 0.717) is 12.3 Å². The SMILES string of the molecule is CCC(=O)COc1cc(C(C)C)ccc1C. The Morgan fingerprint density at radius 2 is 2.06 bits per heavy atom. The Bertz CT molecular complexity index is 367. The van der Waals surface area contributed by atoms with Crippen LogP contribution in [0, 0.1) is 6.92 Å². The molecule has 0 heterocycles. The molecule has 0 aliphatic rings. The lowest BCUT2D eigenvalue weighted by atomic mass is 10.0. The van der Waals surface area contributed by atoms with E-state index in [9.17, 15) is 4.79 Å². The topological polar surface area (TPSA) is 26.3 Å². The van der Waals surface area contributed by atoms with Gasteiger partial charge in [-0.2, -0.15) is 0 Å². The van der Waals surface area contributed by atoms with Crippen LogP contribution < -0.4 is 4.74 Å². The molecule has 0 N–H and O–H groups in total. The van der Waals surface area contributed by atoms with Crippen molar-refractivity contribution in [2.75, 3.05) is 6.61 Å². The third kappa shape index (κ3) is 3.37. The van der Waals surface area contributed by atoms with E-state index in [1.807, 2.05) is 26.0 Å². The average molecular weight is 220 g/mol. The molecule has 2 heteroatoms. The fourth-order valence-electron chi connectivity index (χ4n) is 1.39. The molecule has 0 saturated carbocycles. The summed E-state index contributed by atoms with van der Waals surface area (Å²) in [6, 6.07) is 6.18. The summed E-state index contributed by atoms with van der Waals surface area (Å²) in [6.07, 6.45) is 0.531. The first kappa shape index (κ1) is 12.8. The second-order valence-electron chi connectivity index (χ2n) is 4.36. The lowest BCUT2D eigenvalue weighted by molar-refractivity contribution is -0.120. The van der Waals surface area contributed by atoms with Crippen molar-refractivity contribution in [2.45, 2.75) is 40.0 Å². The molecule has 0 aliphatic heterocycles. The highest BCUT2D eigenvalue weighted by Crippen LogP contribution is 2.24. The molecule has 0 amide bonds. The van der Waals surface area contributed by atoms with Crippen molar-refractivity contribution < 1.29 is 9.53 Å². The van der Waals surface area contributed by atoms with Crippen LogP contribution in [-0.2, 0) is 4.79 Å². The van der Waals surface area contributed by atoms with Crippen LogP contribution >= 0.6 is 0 Å². The zero-order valence-electron chi connectivity index (χ0n) is 10.5. The van der Waals surface area contributed by atoms with Gasteiger partial charge in [0, 0.05) is 6.42 Å². The molecule has 1 aromatic carbocycles. The number of hydrogen-bond acceptors (Lipinski definition) is 2. The van der Waals surface area contributed by atoms with Gasteiger partial charge >= 0.3 is 0 Å². The molecule has 0 bridgehead atoms. The van der Waals surface area contributed by atoms with E-state index < -0.39 is 0 Å². The Morgan fingerprint density at radius 1 is 1.38 bits per heavy atom. The molecule has 0 fully saturated rings. The van der Waals surface area contributed by atoms with Crippen LogP contribution in [0.15, 0.2) is 18.2 Å². The Balaban J connectivity index is 2.78. The van der Waals surface area contributed by atoms with E-state index >= 15 is 0 Å². The van der Waals surface area contributed by atoms with E-state index in [-0.39, 0.29) is 12.4 Å². The van der Waals surface area contributed by atoms with Gasteiger partial charge in [-0.1, -0.05) is 32.9 Å². The molecule has 1 aromatic rings. The molecular formula is C14H20O2. The highest BCUT2D eigenvalue weighted by Gasteiger charge is 2.06. The fraction of sp³-hybridized carbons (Fsp3) is 0.500. The zero-order chi connectivity index (χ0) is 12.1. The third-order valence-electron chi connectivity index (χ3n) is 2.66. The highest BCUT2D eigenvalue weighted by atomic mass is 16.5. The molecular weight excluding hydrogens is 200 g/mol. The van der Waals surface area contributed by atoms with Crippen LogP contribution in [0.2, 0.25) is 0 Å². The minimum absolute atomic E-state index is 0.134. The number of benzene rings is 1. The van der Waals surface area contributed by atoms with Gasteiger partial charge in [0.15, 0.2) is 5.78 Å². The lowest BCUT2D eigenvalue weighted by Gasteiger charge is -2.12. The van der Waals surface area contributed by atoms with Crippen molar-refractivity contribution in [3.8, 4) is 5.75 Å². The largest absolute Gasteiger partial charge is 0.486 e. The predicted octanol–water partition coefficient (Wildman–Crippen LogP) is 3.48. The first-order chi connectivity index (χ1) is 7.54. The summed E-state index contributed by atoms with van der Waals surface area (Å²) in [4.78, 5) is 11.2. The fourth-order valence-corrected chi connectivity index (χ4v) is 1.39. The summed E-state index contributed by atoms with van der Waals surface area (Å²) in [5, 5.41) is 0. The van der Waals surface area contributed by atoms with Crippen LogP contribution in [0.25, 0.3) is 0 Å². The normalized spacial score (nSPS) is 10.6. The standard InChI is InChI=1S/C14H20O2/c1-5-13(15)9-16-14-8-12(10(2)3)7-6-11(14)4/h6-8,10H,5,9H2,1-4H3. The summed E-state index contributed by atoms with van der Waals surface area (Å²) in [6.45, 7) is 8.31. The van der Waals surface area contributed by atoms with E-state index in [2.05, 4.69) is 19.9 Å². The molecule has 0 radical (unpaired) electrons. The first-order valence-corrected chi connectivity index (χ1v) is 5.79. The van der Waals surface area contributed by atoms with E-state index in [0.717, 1.165) is 11.3 Å². The third-order valence-corrected chi connectivity index (χ3v) is 2.66. The molecule has 0 atom stereocenters. The second kappa shape index (κ2) is 5.69. The summed E-state index contributed by atoms with van der Waals surface area (Å²) >= 11 is 0. The van der Waals surface area contributed by atoms with E-state index in [1.54, 1.807) is 0 Å². The van der Waals surface area contributed by atoms with Gasteiger partial charge in [-0.25, -0.2) is 0 Å². The number of carbonyl (C=O) groups is 1. The predicted molar refractivity (Wildman–Crippen MR) is 66.1 cm³/mol. The molecule has 0 unspecified atom stereocenters. The van der Waals surface area contributed by atoms with Gasteiger partial charge in [-0.05, 0) is 30.0 Å². The number of carbonyl (C=O) groups excluding carboxylic acids is 1. The number of rotatable bonds is 5. The second-order valence-corrected chi connectivity index (χ2v) is 4.36. The van der Waals surface area contributed by atoms with E-state index in [4.69, 9.17) is 4.74 Å². The zero-order valence-corrected chi connectivity index (χ0v) is 10.5. The van der Waals surface area contributed by atoms with Gasteiger partial charge in [0.05, 0.1) is 0 Å². The number of ether oxygens (including phenoxy) is 1. The maximum absolute atomic E-state index is 11.2. The van der Waals surface area contributed by atoms with Gasteiger partial charge < -0.3 is 4.74 Å². The number of aryl methyl sites for hydroxylation is 1. The van der Waals surface area contributed by atoms with Gasteiger partial charge in [-0.3, -0.25) is 4.79 Å². The summed E-state index contributed by atoms with van der Waals surface area (Å²) < 4.78 is 5.53.